The van der Waals surface area contributed by atoms with Crippen LogP contribution in [-0.4, -0.2) is 27.5 Å². The van der Waals surface area contributed by atoms with Gasteiger partial charge in [0.05, 0.1) is 5.60 Å². The quantitative estimate of drug-likeness (QED) is 0.802. The molecule has 0 unspecified atom stereocenters. The van der Waals surface area contributed by atoms with Crippen LogP contribution in [0.15, 0.2) is 0 Å². The molecule has 1 heterocycles. The summed E-state index contributed by atoms with van der Waals surface area (Å²) in [4.78, 5) is 0. The van der Waals surface area contributed by atoms with E-state index in [1.165, 1.54) is 12.8 Å². The van der Waals surface area contributed by atoms with Crippen molar-refractivity contribution in [3.05, 3.63) is 10.6 Å². The molecule has 84 valence electrons. The van der Waals surface area contributed by atoms with Crippen molar-refractivity contribution in [3.63, 3.8) is 0 Å². The van der Waals surface area contributed by atoms with E-state index in [0.29, 0.717) is 6.04 Å². The smallest absolute Gasteiger partial charge is 0.195 e. The van der Waals surface area contributed by atoms with E-state index in [-0.39, 0.29) is 5.60 Å². The minimum absolute atomic E-state index is 0.187. The summed E-state index contributed by atoms with van der Waals surface area (Å²) in [5, 5.41) is 7.14. The minimum atomic E-state index is -0.187. The Hall–Kier alpha value is -0.680. The molecule has 4 nitrogen and oxygen atoms in total. The van der Waals surface area contributed by atoms with E-state index in [2.05, 4.69) is 28.6 Å². The van der Waals surface area contributed by atoms with E-state index in [4.69, 9.17) is 17.0 Å². The normalized spacial score (nSPS) is 17.0. The molecule has 0 saturated heterocycles. The van der Waals surface area contributed by atoms with Gasteiger partial charge in [-0.2, -0.15) is 5.10 Å². The molecule has 0 atom stereocenters. The summed E-state index contributed by atoms with van der Waals surface area (Å²) in [7, 11) is 1.72. The van der Waals surface area contributed by atoms with Crippen molar-refractivity contribution >= 4 is 12.2 Å². The van der Waals surface area contributed by atoms with Crippen molar-refractivity contribution in [3.8, 4) is 0 Å². The fraction of sp³-hybridized carbons (Fsp3) is 0.800. The fourth-order valence-electron chi connectivity index (χ4n) is 1.62. The molecule has 0 radical (unpaired) electrons. The highest BCUT2D eigenvalue weighted by Gasteiger charge is 2.29. The molecular weight excluding hydrogens is 210 g/mol. The first-order valence-corrected chi connectivity index (χ1v) is 5.65. The third kappa shape index (κ3) is 2.29. The monoisotopic (exact) mass is 227 g/mol. The van der Waals surface area contributed by atoms with Crippen LogP contribution in [0.1, 0.15) is 38.6 Å². The van der Waals surface area contributed by atoms with Gasteiger partial charge in [0.15, 0.2) is 4.77 Å². The predicted molar refractivity (Wildman–Crippen MR) is 60.5 cm³/mol. The van der Waals surface area contributed by atoms with E-state index in [1.807, 2.05) is 0 Å². The standard InChI is InChI=1S/C10H17N3OS/c1-10(2,14-3)6-8-11-12-9(15)13(8)7-4-5-7/h7H,4-6H2,1-3H3,(H,12,15). The van der Waals surface area contributed by atoms with Crippen LogP contribution in [0, 0.1) is 4.77 Å². The van der Waals surface area contributed by atoms with Gasteiger partial charge in [-0.3, -0.25) is 5.10 Å². The Morgan fingerprint density at radius 3 is 2.80 bits per heavy atom. The molecule has 0 amide bonds. The van der Waals surface area contributed by atoms with Crippen LogP contribution in [0.25, 0.3) is 0 Å². The zero-order chi connectivity index (χ0) is 11.1. The Balaban J connectivity index is 2.25. The highest BCUT2D eigenvalue weighted by Crippen LogP contribution is 2.36. The van der Waals surface area contributed by atoms with Gasteiger partial charge in [-0.1, -0.05) is 0 Å². The molecule has 1 aromatic rings. The van der Waals surface area contributed by atoms with Crippen LogP contribution in [0.4, 0.5) is 0 Å². The Morgan fingerprint density at radius 1 is 1.60 bits per heavy atom. The van der Waals surface area contributed by atoms with Gasteiger partial charge >= 0.3 is 0 Å². The average molecular weight is 227 g/mol. The van der Waals surface area contributed by atoms with Gasteiger partial charge in [0.1, 0.15) is 5.82 Å². The van der Waals surface area contributed by atoms with Crippen molar-refractivity contribution in [1.82, 2.24) is 14.8 Å². The van der Waals surface area contributed by atoms with Crippen LogP contribution in [0.5, 0.6) is 0 Å². The summed E-state index contributed by atoms with van der Waals surface area (Å²) in [6.45, 7) is 4.12. The number of ether oxygens (including phenoxy) is 1. The minimum Gasteiger partial charge on any atom is -0.378 e. The first-order valence-electron chi connectivity index (χ1n) is 5.24. The number of H-pyrrole nitrogens is 1. The number of nitrogens with zero attached hydrogens (tertiary/aromatic N) is 2. The Kier molecular flexibility index (Phi) is 2.68. The number of rotatable bonds is 4. The van der Waals surface area contributed by atoms with Gasteiger partial charge < -0.3 is 9.30 Å². The second-order valence-corrected chi connectivity index (χ2v) is 5.07. The first-order chi connectivity index (χ1) is 7.03. The Labute approximate surface area is 94.6 Å². The van der Waals surface area contributed by atoms with E-state index < -0.39 is 0 Å². The topological polar surface area (TPSA) is 42.8 Å². The molecule has 1 aliphatic rings. The fourth-order valence-corrected chi connectivity index (χ4v) is 1.92. The summed E-state index contributed by atoms with van der Waals surface area (Å²) in [6, 6.07) is 0.568. The number of nitrogens with one attached hydrogen (secondary N) is 1. The van der Waals surface area contributed by atoms with Crippen molar-refractivity contribution in [1.29, 1.82) is 0 Å². The van der Waals surface area contributed by atoms with Crippen molar-refractivity contribution in [2.75, 3.05) is 7.11 Å². The highest BCUT2D eigenvalue weighted by molar-refractivity contribution is 7.71. The molecular formula is C10H17N3OS. The zero-order valence-corrected chi connectivity index (χ0v) is 10.2. The third-order valence-corrected chi connectivity index (χ3v) is 3.11. The van der Waals surface area contributed by atoms with E-state index >= 15 is 0 Å². The second kappa shape index (κ2) is 3.72. The number of methoxy groups -OCH3 is 1. The predicted octanol–water partition coefficient (Wildman–Crippen LogP) is 2.24. The molecule has 15 heavy (non-hydrogen) atoms. The lowest BCUT2D eigenvalue weighted by molar-refractivity contribution is 0.0208. The van der Waals surface area contributed by atoms with Gasteiger partial charge in [0, 0.05) is 19.6 Å². The van der Waals surface area contributed by atoms with Gasteiger partial charge in [0.2, 0.25) is 0 Å². The number of aromatic nitrogens is 3. The lowest BCUT2D eigenvalue weighted by Gasteiger charge is -2.22. The third-order valence-electron chi connectivity index (χ3n) is 2.83. The lowest BCUT2D eigenvalue weighted by atomic mass is 10.1. The van der Waals surface area contributed by atoms with E-state index in [1.54, 1.807) is 7.11 Å². The molecule has 5 heteroatoms. The van der Waals surface area contributed by atoms with Crippen molar-refractivity contribution in [2.45, 2.75) is 44.8 Å². The molecule has 1 N–H and O–H groups in total. The molecule has 0 aliphatic heterocycles. The van der Waals surface area contributed by atoms with Gasteiger partial charge in [-0.25, -0.2) is 0 Å². The Morgan fingerprint density at radius 2 is 2.27 bits per heavy atom. The van der Waals surface area contributed by atoms with E-state index in [0.717, 1.165) is 17.0 Å². The SMILES string of the molecule is COC(C)(C)Cc1n[nH]c(=S)n1C1CC1. The average Bonchev–Trinajstić information content (AvgIpc) is 2.94. The maximum atomic E-state index is 5.40. The molecule has 0 bridgehead atoms. The lowest BCUT2D eigenvalue weighted by Crippen LogP contribution is -2.27. The molecule has 1 fully saturated rings. The maximum absolute atomic E-state index is 5.40. The summed E-state index contributed by atoms with van der Waals surface area (Å²) < 4.78 is 8.28. The molecule has 1 aromatic heterocycles. The van der Waals surface area contributed by atoms with Crippen molar-refractivity contribution < 1.29 is 4.74 Å². The number of hydrogen-bond donors (Lipinski definition) is 1. The molecule has 2 rings (SSSR count). The van der Waals surface area contributed by atoms with Crippen LogP contribution < -0.4 is 0 Å². The summed E-state index contributed by atoms with van der Waals surface area (Å²) in [5.41, 5.74) is -0.187. The van der Waals surface area contributed by atoms with Gasteiger partial charge in [0.25, 0.3) is 0 Å². The van der Waals surface area contributed by atoms with Gasteiger partial charge in [-0.15, -0.1) is 0 Å². The number of aromatic amines is 1. The van der Waals surface area contributed by atoms with Crippen LogP contribution in [-0.2, 0) is 11.2 Å². The zero-order valence-electron chi connectivity index (χ0n) is 9.41. The maximum Gasteiger partial charge on any atom is 0.195 e. The second-order valence-electron chi connectivity index (χ2n) is 4.69. The van der Waals surface area contributed by atoms with Gasteiger partial charge in [-0.05, 0) is 38.9 Å². The van der Waals surface area contributed by atoms with Crippen LogP contribution >= 0.6 is 12.2 Å². The van der Waals surface area contributed by atoms with E-state index in [9.17, 15) is 0 Å². The molecule has 1 saturated carbocycles. The van der Waals surface area contributed by atoms with Crippen LogP contribution in [0.3, 0.4) is 0 Å². The summed E-state index contributed by atoms with van der Waals surface area (Å²) in [5.74, 6) is 1.01. The largest absolute Gasteiger partial charge is 0.378 e. The summed E-state index contributed by atoms with van der Waals surface area (Å²) in [6.07, 6.45) is 3.22. The molecule has 0 spiro atoms. The van der Waals surface area contributed by atoms with Crippen molar-refractivity contribution in [2.24, 2.45) is 0 Å². The van der Waals surface area contributed by atoms with Crippen LogP contribution in [0.2, 0.25) is 0 Å². The highest BCUT2D eigenvalue weighted by atomic mass is 32.1. The number of hydrogen-bond acceptors (Lipinski definition) is 3. The summed E-state index contributed by atoms with van der Waals surface area (Å²) >= 11 is 5.22. The Bertz CT molecular complexity index is 403. The first kappa shape index (κ1) is 10.8. The molecule has 1 aliphatic carbocycles. The molecule has 0 aromatic carbocycles.